The van der Waals surface area contributed by atoms with Gasteiger partial charge in [-0.25, -0.2) is 0 Å². The molecule has 3 nitrogen and oxygen atoms in total. The number of carbonyl (C=O) groups is 1. The van der Waals surface area contributed by atoms with Crippen LogP contribution in [0.2, 0.25) is 0 Å². The van der Waals surface area contributed by atoms with Gasteiger partial charge in [0.05, 0.1) is 0 Å². The molecule has 184 valence electrons. The Hall–Kier alpha value is -2.13. The van der Waals surface area contributed by atoms with Gasteiger partial charge < -0.3 is 10.2 Å². The van der Waals surface area contributed by atoms with E-state index in [1.807, 2.05) is 0 Å². The SMILES string of the molecule is CCC=CCC=CCC=CCC=CCC=CCC=CCCC(=O)NCCCC1CCCN1C. The standard InChI is InChI=1S/C30H48N2O/c1-3-4-5-6-7-8-9-10-11-12-13-14-15-16-17-18-19-20-21-26-30(33)31-27-22-24-29-25-23-28-32(29)2/h4-5,7-8,10-11,13-14,16-17,19-20,29H,3,6,9,12,15,18,21-28H2,1-2H3,(H,31,33). The minimum absolute atomic E-state index is 0.175. The van der Waals surface area contributed by atoms with Crippen LogP contribution in [-0.2, 0) is 4.79 Å². The molecule has 1 N–H and O–H groups in total. The zero-order valence-electron chi connectivity index (χ0n) is 21.3. The van der Waals surface area contributed by atoms with Crippen LogP contribution >= 0.6 is 0 Å². The Morgan fingerprint density at radius 2 is 1.33 bits per heavy atom. The van der Waals surface area contributed by atoms with Crippen molar-refractivity contribution in [3.8, 4) is 0 Å². The molecule has 0 bridgehead atoms. The first-order valence-electron chi connectivity index (χ1n) is 13.1. The average molecular weight is 453 g/mol. The smallest absolute Gasteiger partial charge is 0.220 e. The van der Waals surface area contributed by atoms with Crippen LogP contribution in [0.5, 0.6) is 0 Å². The van der Waals surface area contributed by atoms with Gasteiger partial charge in [0.1, 0.15) is 0 Å². The summed E-state index contributed by atoms with van der Waals surface area (Å²) >= 11 is 0. The molecule has 0 radical (unpaired) electrons. The van der Waals surface area contributed by atoms with Gasteiger partial charge in [-0.05, 0) is 84.2 Å². The number of amides is 1. The van der Waals surface area contributed by atoms with Crippen LogP contribution in [0.4, 0.5) is 0 Å². The fourth-order valence-corrected chi connectivity index (χ4v) is 3.85. The van der Waals surface area contributed by atoms with Crippen LogP contribution in [0.3, 0.4) is 0 Å². The van der Waals surface area contributed by atoms with Gasteiger partial charge in [-0.15, -0.1) is 0 Å². The van der Waals surface area contributed by atoms with E-state index in [9.17, 15) is 4.79 Å². The molecule has 1 aliphatic heterocycles. The minimum Gasteiger partial charge on any atom is -0.356 e. The van der Waals surface area contributed by atoms with Gasteiger partial charge >= 0.3 is 0 Å². The van der Waals surface area contributed by atoms with E-state index in [1.165, 1.54) is 25.8 Å². The normalized spacial score (nSPS) is 17.9. The second-order valence-corrected chi connectivity index (χ2v) is 8.72. The van der Waals surface area contributed by atoms with Crippen molar-refractivity contribution in [2.45, 2.75) is 90.0 Å². The third kappa shape index (κ3) is 18.0. The van der Waals surface area contributed by atoms with Crippen LogP contribution in [0.25, 0.3) is 0 Å². The van der Waals surface area contributed by atoms with Crippen molar-refractivity contribution >= 4 is 5.91 Å². The van der Waals surface area contributed by atoms with Crippen molar-refractivity contribution < 1.29 is 4.79 Å². The summed E-state index contributed by atoms with van der Waals surface area (Å²) in [5.41, 5.74) is 0. The number of allylic oxidation sites excluding steroid dienone is 12. The van der Waals surface area contributed by atoms with Crippen molar-refractivity contribution in [3.63, 3.8) is 0 Å². The van der Waals surface area contributed by atoms with Crippen molar-refractivity contribution in [1.82, 2.24) is 10.2 Å². The lowest BCUT2D eigenvalue weighted by atomic mass is 10.1. The predicted molar refractivity (Wildman–Crippen MR) is 145 cm³/mol. The van der Waals surface area contributed by atoms with E-state index >= 15 is 0 Å². The molecule has 1 unspecified atom stereocenters. The number of nitrogens with zero attached hydrogens (tertiary/aromatic N) is 1. The van der Waals surface area contributed by atoms with E-state index in [4.69, 9.17) is 0 Å². The first-order chi connectivity index (χ1) is 16.2. The van der Waals surface area contributed by atoms with Gasteiger partial charge in [-0.2, -0.15) is 0 Å². The molecule has 0 aromatic carbocycles. The molecule has 0 aromatic heterocycles. The molecule has 0 aliphatic carbocycles. The van der Waals surface area contributed by atoms with Gasteiger partial charge in [0, 0.05) is 19.0 Å². The van der Waals surface area contributed by atoms with Gasteiger partial charge in [-0.1, -0.05) is 79.8 Å². The Morgan fingerprint density at radius 1 is 0.818 bits per heavy atom. The Kier molecular flexibility index (Phi) is 19.0. The Balaban J connectivity index is 1.91. The zero-order chi connectivity index (χ0) is 23.8. The average Bonchev–Trinajstić information content (AvgIpc) is 3.22. The number of rotatable bonds is 18. The molecule has 0 aromatic rings. The molecule has 1 aliphatic rings. The fraction of sp³-hybridized carbons (Fsp3) is 0.567. The molecule has 1 fully saturated rings. The van der Waals surface area contributed by atoms with Crippen LogP contribution in [0.1, 0.15) is 84.0 Å². The quantitative estimate of drug-likeness (QED) is 0.173. The van der Waals surface area contributed by atoms with Crippen LogP contribution in [0, 0.1) is 0 Å². The fourth-order valence-electron chi connectivity index (χ4n) is 3.85. The molecule has 3 heteroatoms. The van der Waals surface area contributed by atoms with E-state index < -0.39 is 0 Å². The van der Waals surface area contributed by atoms with Crippen LogP contribution in [-0.4, -0.2) is 37.0 Å². The molecule has 0 saturated carbocycles. The first-order valence-corrected chi connectivity index (χ1v) is 13.1. The Bertz CT molecular complexity index is 654. The predicted octanol–water partition coefficient (Wildman–Crippen LogP) is 7.45. The third-order valence-electron chi connectivity index (χ3n) is 5.84. The van der Waals surface area contributed by atoms with E-state index in [0.29, 0.717) is 6.42 Å². The highest BCUT2D eigenvalue weighted by Crippen LogP contribution is 2.18. The second kappa shape index (κ2) is 21.7. The molecule has 33 heavy (non-hydrogen) atoms. The van der Waals surface area contributed by atoms with Crippen molar-refractivity contribution in [2.24, 2.45) is 0 Å². The maximum absolute atomic E-state index is 11.9. The van der Waals surface area contributed by atoms with Crippen LogP contribution < -0.4 is 5.32 Å². The number of nitrogens with one attached hydrogen (secondary N) is 1. The largest absolute Gasteiger partial charge is 0.356 e. The lowest BCUT2D eigenvalue weighted by Gasteiger charge is -2.19. The maximum Gasteiger partial charge on any atom is 0.220 e. The highest BCUT2D eigenvalue weighted by Gasteiger charge is 2.19. The minimum atomic E-state index is 0.175. The summed E-state index contributed by atoms with van der Waals surface area (Å²) < 4.78 is 0. The van der Waals surface area contributed by atoms with Crippen molar-refractivity contribution in [1.29, 1.82) is 0 Å². The number of carbonyl (C=O) groups excluding carboxylic acids is 1. The van der Waals surface area contributed by atoms with E-state index in [1.54, 1.807) is 0 Å². The van der Waals surface area contributed by atoms with Crippen molar-refractivity contribution in [3.05, 3.63) is 72.9 Å². The summed E-state index contributed by atoms with van der Waals surface area (Å²) in [5.74, 6) is 0.175. The second-order valence-electron chi connectivity index (χ2n) is 8.72. The third-order valence-corrected chi connectivity index (χ3v) is 5.84. The Labute approximate surface area is 204 Å². The molecule has 1 saturated heterocycles. The highest BCUT2D eigenvalue weighted by atomic mass is 16.1. The van der Waals surface area contributed by atoms with E-state index in [0.717, 1.165) is 64.0 Å². The monoisotopic (exact) mass is 452 g/mol. The molecule has 1 rings (SSSR count). The number of hydrogen-bond acceptors (Lipinski definition) is 2. The molecule has 0 spiro atoms. The van der Waals surface area contributed by atoms with Crippen LogP contribution in [0.15, 0.2) is 72.9 Å². The molecule has 1 amide bonds. The maximum atomic E-state index is 11.9. The van der Waals surface area contributed by atoms with Gasteiger partial charge in [-0.3, -0.25) is 4.79 Å². The summed E-state index contributed by atoms with van der Waals surface area (Å²) in [4.78, 5) is 14.3. The van der Waals surface area contributed by atoms with E-state index in [2.05, 4.69) is 97.1 Å². The lowest BCUT2D eigenvalue weighted by Crippen LogP contribution is -2.28. The summed E-state index contributed by atoms with van der Waals surface area (Å²) in [6, 6.07) is 0.723. The Morgan fingerprint density at radius 3 is 1.82 bits per heavy atom. The summed E-state index contributed by atoms with van der Waals surface area (Å²) in [7, 11) is 2.21. The van der Waals surface area contributed by atoms with Gasteiger partial charge in [0.25, 0.3) is 0 Å². The zero-order valence-corrected chi connectivity index (χ0v) is 21.3. The summed E-state index contributed by atoms with van der Waals surface area (Å²) in [6.07, 6.45) is 38.8. The molecule has 1 atom stereocenters. The summed E-state index contributed by atoms with van der Waals surface area (Å²) in [5, 5.41) is 3.06. The van der Waals surface area contributed by atoms with Crippen molar-refractivity contribution in [2.75, 3.05) is 20.1 Å². The molecular weight excluding hydrogens is 404 g/mol. The number of likely N-dealkylation sites (tertiary alicyclic amines) is 1. The highest BCUT2D eigenvalue weighted by molar-refractivity contribution is 5.75. The van der Waals surface area contributed by atoms with Gasteiger partial charge in [0.2, 0.25) is 5.91 Å². The molecular formula is C30H48N2O. The number of hydrogen-bond donors (Lipinski definition) is 1. The van der Waals surface area contributed by atoms with E-state index in [-0.39, 0.29) is 5.91 Å². The lowest BCUT2D eigenvalue weighted by molar-refractivity contribution is -0.121. The topological polar surface area (TPSA) is 32.3 Å². The molecule has 1 heterocycles. The summed E-state index contributed by atoms with van der Waals surface area (Å²) in [6.45, 7) is 4.20. The first kappa shape index (κ1) is 28.9. The van der Waals surface area contributed by atoms with Gasteiger partial charge in [0.15, 0.2) is 0 Å².